The fraction of sp³-hybridized carbons (Fsp3) is 0.579. The molecule has 1 aromatic carbocycles. The van der Waals surface area contributed by atoms with Gasteiger partial charge >= 0.3 is 5.97 Å². The topological polar surface area (TPSA) is 111 Å². The first kappa shape index (κ1) is 21.6. The number of nitrogens with one attached hydrogen (secondary N) is 1. The Morgan fingerprint density at radius 1 is 1.36 bits per heavy atom. The maximum Gasteiger partial charge on any atom is 0.338 e. The maximum atomic E-state index is 12.4. The van der Waals surface area contributed by atoms with E-state index in [0.717, 1.165) is 31.7 Å². The third-order valence-electron chi connectivity index (χ3n) is 4.80. The molecule has 2 rings (SSSR count). The number of amides is 1. The molecule has 9 heteroatoms. The average molecular weight is 393 g/mol. The summed E-state index contributed by atoms with van der Waals surface area (Å²) in [5, 5.41) is 14.2. The zero-order valence-corrected chi connectivity index (χ0v) is 16.3. The van der Waals surface area contributed by atoms with E-state index in [2.05, 4.69) is 5.32 Å². The van der Waals surface area contributed by atoms with Crippen LogP contribution in [0.2, 0.25) is 0 Å². The van der Waals surface area contributed by atoms with Crippen molar-refractivity contribution in [2.45, 2.75) is 38.6 Å². The van der Waals surface area contributed by atoms with Crippen LogP contribution in [0.5, 0.6) is 0 Å². The van der Waals surface area contributed by atoms with Crippen molar-refractivity contribution in [1.29, 1.82) is 0 Å². The molecule has 0 radical (unpaired) electrons. The molecule has 1 aliphatic rings. The predicted molar refractivity (Wildman–Crippen MR) is 103 cm³/mol. The second-order valence-corrected chi connectivity index (χ2v) is 6.63. The second-order valence-electron chi connectivity index (χ2n) is 6.63. The van der Waals surface area contributed by atoms with E-state index >= 15 is 0 Å². The lowest BCUT2D eigenvalue weighted by molar-refractivity contribution is -0.384. The first-order valence-electron chi connectivity index (χ1n) is 9.45. The van der Waals surface area contributed by atoms with Crippen LogP contribution in [0, 0.1) is 10.1 Å². The molecule has 1 heterocycles. The van der Waals surface area contributed by atoms with Gasteiger partial charge in [0.15, 0.2) is 6.61 Å². The highest BCUT2D eigenvalue weighted by molar-refractivity contribution is 5.93. The van der Waals surface area contributed by atoms with Gasteiger partial charge in [0.05, 0.1) is 17.1 Å². The molecule has 9 nitrogen and oxygen atoms in total. The van der Waals surface area contributed by atoms with Crippen molar-refractivity contribution in [1.82, 2.24) is 4.90 Å². The summed E-state index contributed by atoms with van der Waals surface area (Å²) < 4.78 is 10.0. The Morgan fingerprint density at radius 3 is 2.82 bits per heavy atom. The fourth-order valence-electron chi connectivity index (χ4n) is 3.29. The molecule has 154 valence electrons. The summed E-state index contributed by atoms with van der Waals surface area (Å²) in [4.78, 5) is 37.2. The fourth-order valence-corrected chi connectivity index (χ4v) is 3.29. The molecular formula is C19H27N3O6. The third kappa shape index (κ3) is 5.66. The third-order valence-corrected chi connectivity index (χ3v) is 4.80. The van der Waals surface area contributed by atoms with Crippen LogP contribution < -0.4 is 5.32 Å². The summed E-state index contributed by atoms with van der Waals surface area (Å²) in [6.07, 6.45) is 3.86. The van der Waals surface area contributed by atoms with Crippen LogP contribution in [0.4, 0.5) is 11.4 Å². The van der Waals surface area contributed by atoms with Gasteiger partial charge in [-0.2, -0.15) is 0 Å². The number of carbonyl (C=O) groups is 2. The monoisotopic (exact) mass is 393 g/mol. The quantitative estimate of drug-likeness (QED) is 0.297. The minimum atomic E-state index is -0.759. The second kappa shape index (κ2) is 10.6. The van der Waals surface area contributed by atoms with Crippen LogP contribution in [-0.4, -0.2) is 61.2 Å². The first-order valence-corrected chi connectivity index (χ1v) is 9.45. The van der Waals surface area contributed by atoms with Crippen LogP contribution in [0.25, 0.3) is 0 Å². The van der Waals surface area contributed by atoms with Crippen molar-refractivity contribution in [2.75, 3.05) is 38.7 Å². The number of ether oxygens (including phenoxy) is 2. The Hall–Kier alpha value is -2.68. The molecule has 0 aromatic heterocycles. The predicted octanol–water partition coefficient (Wildman–Crippen LogP) is 2.60. The summed E-state index contributed by atoms with van der Waals surface area (Å²) >= 11 is 0. The number of rotatable bonds is 9. The van der Waals surface area contributed by atoms with Crippen molar-refractivity contribution >= 4 is 23.3 Å². The molecule has 1 aliphatic heterocycles. The molecule has 1 amide bonds. The van der Waals surface area contributed by atoms with Gasteiger partial charge in [-0.1, -0.05) is 6.92 Å². The number of nitro benzene ring substituents is 1. The summed E-state index contributed by atoms with van der Waals surface area (Å²) in [5.74, 6) is -0.989. The van der Waals surface area contributed by atoms with E-state index in [-0.39, 0.29) is 35.5 Å². The summed E-state index contributed by atoms with van der Waals surface area (Å²) in [6.45, 7) is 3.12. The van der Waals surface area contributed by atoms with Gasteiger partial charge in [-0.05, 0) is 37.8 Å². The molecule has 1 atom stereocenters. The molecule has 28 heavy (non-hydrogen) atoms. The lowest BCUT2D eigenvalue weighted by atomic mass is 10.00. The van der Waals surface area contributed by atoms with Crippen molar-refractivity contribution < 1.29 is 24.0 Å². The van der Waals surface area contributed by atoms with E-state index in [4.69, 9.17) is 9.47 Å². The van der Waals surface area contributed by atoms with Crippen molar-refractivity contribution in [3.63, 3.8) is 0 Å². The lowest BCUT2D eigenvalue weighted by Crippen LogP contribution is -2.45. The van der Waals surface area contributed by atoms with Gasteiger partial charge in [0.2, 0.25) is 0 Å². The standard InChI is InChI=1S/C19H27N3O6/c1-3-15-6-4-5-10-21(15)18(23)13-28-19(24)14-7-8-16(20-9-11-27-2)17(12-14)22(25)26/h7-8,12,15,20H,3-6,9-11,13H2,1-2H3/t15-/m0/s1. The molecule has 1 aromatic rings. The normalized spacial score (nSPS) is 16.5. The molecule has 1 N–H and O–H groups in total. The van der Waals surface area contributed by atoms with Crippen molar-refractivity contribution in [2.24, 2.45) is 0 Å². The van der Waals surface area contributed by atoms with Crippen LogP contribution in [0.15, 0.2) is 18.2 Å². The van der Waals surface area contributed by atoms with Crippen LogP contribution >= 0.6 is 0 Å². The molecule has 0 saturated carbocycles. The number of nitrogens with zero attached hydrogens (tertiary/aromatic N) is 2. The molecule has 0 spiro atoms. The number of carbonyl (C=O) groups excluding carboxylic acids is 2. The SMILES string of the molecule is CC[C@H]1CCCCN1C(=O)COC(=O)c1ccc(NCCOC)c([N+](=O)[O-])c1. The Morgan fingerprint density at radius 2 is 2.14 bits per heavy atom. The number of anilines is 1. The number of likely N-dealkylation sites (tertiary alicyclic amines) is 1. The smallest absolute Gasteiger partial charge is 0.338 e. The number of esters is 1. The number of hydrogen-bond donors (Lipinski definition) is 1. The van der Waals surface area contributed by atoms with Crippen LogP contribution in [0.3, 0.4) is 0 Å². The summed E-state index contributed by atoms with van der Waals surface area (Å²) in [7, 11) is 1.53. The largest absolute Gasteiger partial charge is 0.452 e. The number of hydrogen-bond acceptors (Lipinski definition) is 7. The van der Waals surface area contributed by atoms with Gasteiger partial charge in [0.25, 0.3) is 11.6 Å². The van der Waals surface area contributed by atoms with E-state index in [1.807, 2.05) is 6.92 Å². The molecule has 0 bridgehead atoms. The number of nitro groups is 1. The van der Waals surface area contributed by atoms with E-state index in [1.54, 1.807) is 4.90 Å². The highest BCUT2D eigenvalue weighted by atomic mass is 16.6. The van der Waals surface area contributed by atoms with Gasteiger partial charge in [0, 0.05) is 32.3 Å². The van der Waals surface area contributed by atoms with Crippen molar-refractivity contribution in [3.8, 4) is 0 Å². The van der Waals surface area contributed by atoms with Gasteiger partial charge < -0.3 is 19.7 Å². The maximum absolute atomic E-state index is 12.4. The van der Waals surface area contributed by atoms with E-state index in [1.165, 1.54) is 19.2 Å². The minimum Gasteiger partial charge on any atom is -0.452 e. The van der Waals surface area contributed by atoms with Crippen molar-refractivity contribution in [3.05, 3.63) is 33.9 Å². The highest BCUT2D eigenvalue weighted by Crippen LogP contribution is 2.26. The van der Waals surface area contributed by atoms with E-state index in [9.17, 15) is 19.7 Å². The number of methoxy groups -OCH3 is 1. The Labute approximate surface area is 164 Å². The summed E-state index contributed by atoms with van der Waals surface area (Å²) in [6, 6.07) is 4.21. The zero-order valence-electron chi connectivity index (χ0n) is 16.3. The van der Waals surface area contributed by atoms with Gasteiger partial charge in [-0.3, -0.25) is 14.9 Å². The molecule has 0 aliphatic carbocycles. The summed E-state index contributed by atoms with van der Waals surface area (Å²) in [5.41, 5.74) is 0.0789. The van der Waals surface area contributed by atoms with Gasteiger partial charge in [-0.25, -0.2) is 4.79 Å². The van der Waals surface area contributed by atoms with E-state index < -0.39 is 10.9 Å². The molecule has 1 fully saturated rings. The van der Waals surface area contributed by atoms with Gasteiger partial charge in [-0.15, -0.1) is 0 Å². The lowest BCUT2D eigenvalue weighted by Gasteiger charge is -2.35. The van der Waals surface area contributed by atoms with Crippen LogP contribution in [-0.2, 0) is 14.3 Å². The van der Waals surface area contributed by atoms with E-state index in [0.29, 0.717) is 19.7 Å². The molecular weight excluding hydrogens is 366 g/mol. The van der Waals surface area contributed by atoms with Gasteiger partial charge in [0.1, 0.15) is 5.69 Å². The Kier molecular flexibility index (Phi) is 8.19. The first-order chi connectivity index (χ1) is 13.5. The minimum absolute atomic E-state index is 0.0301. The van der Waals surface area contributed by atoms with Crippen LogP contribution in [0.1, 0.15) is 43.0 Å². The average Bonchev–Trinajstić information content (AvgIpc) is 2.71. The molecule has 1 saturated heterocycles. The highest BCUT2D eigenvalue weighted by Gasteiger charge is 2.26. The Bertz CT molecular complexity index is 709. The zero-order chi connectivity index (χ0) is 20.5. The molecule has 0 unspecified atom stereocenters. The number of benzene rings is 1. The Balaban J connectivity index is 2.00. The number of piperidine rings is 1.